The predicted molar refractivity (Wildman–Crippen MR) is 312 cm³/mol. The second kappa shape index (κ2) is 15.8. The van der Waals surface area contributed by atoms with Gasteiger partial charge in [0.25, 0.3) is 0 Å². The number of hydrogen-bond donors (Lipinski definition) is 0. The van der Waals surface area contributed by atoms with E-state index < -0.39 is 0 Å². The van der Waals surface area contributed by atoms with Gasteiger partial charge >= 0.3 is 6.85 Å². The third-order valence-electron chi connectivity index (χ3n) is 17.8. The molecule has 9 aromatic rings. The van der Waals surface area contributed by atoms with Crippen LogP contribution in [0.1, 0.15) is 124 Å². The Labute approximate surface area is 433 Å². The van der Waals surface area contributed by atoms with Crippen LogP contribution in [-0.2, 0) is 21.7 Å². The van der Waals surface area contributed by atoms with E-state index >= 15 is 0 Å². The lowest BCUT2D eigenvalue weighted by molar-refractivity contribution is 0.195. The van der Waals surface area contributed by atoms with Crippen molar-refractivity contribution in [3.05, 3.63) is 186 Å². The zero-order valence-corrected chi connectivity index (χ0v) is 44.7. The molecule has 364 valence electrons. The van der Waals surface area contributed by atoms with Crippen molar-refractivity contribution in [2.45, 2.75) is 129 Å². The van der Waals surface area contributed by atoms with E-state index in [1.165, 1.54) is 79.8 Å². The van der Waals surface area contributed by atoms with Crippen molar-refractivity contribution in [2.24, 2.45) is 0 Å². The summed E-state index contributed by atoms with van der Waals surface area (Å²) in [5.41, 5.74) is 23.0. The molecule has 1 fully saturated rings. The number of hydrogen-bond acceptors (Lipinski definition) is 4. The molecule has 0 amide bonds. The van der Waals surface area contributed by atoms with Gasteiger partial charge in [0.2, 0.25) is 0 Å². The lowest BCUT2D eigenvalue weighted by Crippen LogP contribution is -2.64. The van der Waals surface area contributed by atoms with Crippen molar-refractivity contribution < 1.29 is 4.42 Å². The Bertz CT molecular complexity index is 3650. The summed E-state index contributed by atoms with van der Waals surface area (Å²) in [6.07, 6.45) is 4.70. The van der Waals surface area contributed by atoms with E-state index in [-0.39, 0.29) is 34.0 Å². The van der Waals surface area contributed by atoms with Gasteiger partial charge in [-0.05, 0) is 153 Å². The van der Waals surface area contributed by atoms with Crippen molar-refractivity contribution >= 4 is 79.5 Å². The molecule has 8 aromatic carbocycles. The molecular formula is C68H68BN3O. The molecule has 0 spiro atoms. The molecule has 0 radical (unpaired) electrons. The van der Waals surface area contributed by atoms with Gasteiger partial charge in [0, 0.05) is 67.1 Å². The molecule has 3 aliphatic heterocycles. The summed E-state index contributed by atoms with van der Waals surface area (Å²) in [5.74, 6) is 0. The maximum absolute atomic E-state index is 7.40. The zero-order chi connectivity index (χ0) is 50.6. The van der Waals surface area contributed by atoms with Gasteiger partial charge in [0.15, 0.2) is 0 Å². The lowest BCUT2D eigenvalue weighted by atomic mass is 9.43. The fourth-order valence-electron chi connectivity index (χ4n) is 13.6. The molecule has 5 heteroatoms. The number of furan rings is 1. The van der Waals surface area contributed by atoms with Crippen LogP contribution < -0.4 is 25.5 Å². The van der Waals surface area contributed by atoms with E-state index in [9.17, 15) is 0 Å². The molecule has 73 heavy (non-hydrogen) atoms. The van der Waals surface area contributed by atoms with Crippen LogP contribution >= 0.6 is 0 Å². The minimum atomic E-state index is -0.177. The van der Waals surface area contributed by atoms with Crippen LogP contribution in [-0.4, -0.2) is 12.4 Å². The summed E-state index contributed by atoms with van der Waals surface area (Å²) in [6, 6.07) is 62.4. The molecule has 1 aliphatic carbocycles. The Hall–Kier alpha value is -6.98. The molecule has 2 unspecified atom stereocenters. The summed E-state index contributed by atoms with van der Waals surface area (Å²) in [5, 5.41) is 2.31. The Morgan fingerprint density at radius 1 is 0.521 bits per heavy atom. The molecular weight excluding hydrogens is 886 g/mol. The topological polar surface area (TPSA) is 22.9 Å². The quantitative estimate of drug-likeness (QED) is 0.160. The normalized spacial score (nSPS) is 19.0. The molecule has 1 aromatic heterocycles. The SMILES string of the molecule is CC(C)(C)c1ccc(N2B3c4cc(C(C)(C)C)cc5c4N(c4cc(N(c6ccccc6)c6ccccc6)cc(c43)-c3c2ccc2c3oc3ccc(C(C)(C)C)cc32)C2(C)CCCCC52C)c(-c2ccccc2)c1. The number of fused-ring (bicyclic) bond motifs is 11. The molecule has 1 saturated carbocycles. The monoisotopic (exact) mass is 954 g/mol. The summed E-state index contributed by atoms with van der Waals surface area (Å²) < 4.78 is 7.40. The van der Waals surface area contributed by atoms with E-state index in [0.29, 0.717) is 0 Å². The number of para-hydroxylation sites is 2. The highest BCUT2D eigenvalue weighted by atomic mass is 16.3. The van der Waals surface area contributed by atoms with Gasteiger partial charge < -0.3 is 19.0 Å². The Balaban J connectivity index is 1.22. The standard InChI is InChI=1S/C68H68BN3O/c1-64(2,3)44-29-32-56(51(37-44)43-23-15-12-16-24-43)72-57-33-31-50-52-38-45(65(4,5)6)30-34-59(52)73-63(50)60(57)53-41-49(70(47-25-17-13-18-26-47)48-27-19-14-20-28-48)42-58-61(53)69(72)55-40-46(66(7,8)9)39-54-62(55)71(58)68(11)36-22-21-35-67(54,68)10/h12-20,23-34,37-42H,21-22,35-36H2,1-11H3. The number of nitrogens with zero attached hydrogens (tertiary/aromatic N) is 3. The first-order chi connectivity index (χ1) is 34.8. The van der Waals surface area contributed by atoms with Crippen LogP contribution in [0.25, 0.3) is 44.2 Å². The number of rotatable bonds is 5. The average Bonchev–Trinajstić information content (AvgIpc) is 3.85. The number of anilines is 7. The third kappa shape index (κ3) is 6.72. The van der Waals surface area contributed by atoms with Crippen molar-refractivity contribution in [3.63, 3.8) is 0 Å². The van der Waals surface area contributed by atoms with Gasteiger partial charge in [-0.2, -0.15) is 0 Å². The van der Waals surface area contributed by atoms with Crippen LogP contribution in [0.3, 0.4) is 0 Å². The highest BCUT2D eigenvalue weighted by Gasteiger charge is 2.62. The van der Waals surface area contributed by atoms with Crippen molar-refractivity contribution in [2.75, 3.05) is 14.6 Å². The Kier molecular flexibility index (Phi) is 9.90. The molecule has 0 saturated heterocycles. The van der Waals surface area contributed by atoms with Crippen molar-refractivity contribution in [1.82, 2.24) is 0 Å². The van der Waals surface area contributed by atoms with E-state index in [0.717, 1.165) is 63.1 Å². The van der Waals surface area contributed by atoms with Crippen LogP contribution in [0.2, 0.25) is 0 Å². The predicted octanol–water partition coefficient (Wildman–Crippen LogP) is 17.6. The smallest absolute Gasteiger partial charge is 0.333 e. The van der Waals surface area contributed by atoms with Crippen LogP contribution in [0.4, 0.5) is 39.8 Å². The molecule has 0 N–H and O–H groups in total. The third-order valence-corrected chi connectivity index (χ3v) is 17.8. The first-order valence-electron chi connectivity index (χ1n) is 26.9. The van der Waals surface area contributed by atoms with Gasteiger partial charge in [-0.1, -0.05) is 173 Å². The van der Waals surface area contributed by atoms with E-state index in [4.69, 9.17) is 4.42 Å². The van der Waals surface area contributed by atoms with E-state index in [1.807, 2.05) is 0 Å². The minimum absolute atomic E-state index is 0.0214. The van der Waals surface area contributed by atoms with Gasteiger partial charge in [-0.3, -0.25) is 0 Å². The molecule has 4 heterocycles. The highest BCUT2D eigenvalue weighted by Crippen LogP contribution is 2.63. The molecule has 4 nitrogen and oxygen atoms in total. The fraction of sp³-hybridized carbons (Fsp3) is 0.294. The van der Waals surface area contributed by atoms with Crippen molar-refractivity contribution in [1.29, 1.82) is 0 Å². The average molecular weight is 954 g/mol. The van der Waals surface area contributed by atoms with Crippen LogP contribution in [0.5, 0.6) is 0 Å². The second-order valence-corrected chi connectivity index (χ2v) is 25.3. The molecule has 13 rings (SSSR count). The minimum Gasteiger partial charge on any atom is -0.455 e. The number of benzene rings is 8. The van der Waals surface area contributed by atoms with Crippen LogP contribution in [0.15, 0.2) is 168 Å². The van der Waals surface area contributed by atoms with Gasteiger partial charge in [-0.15, -0.1) is 0 Å². The van der Waals surface area contributed by atoms with Gasteiger partial charge in [-0.25, -0.2) is 0 Å². The first-order valence-corrected chi connectivity index (χ1v) is 26.9. The van der Waals surface area contributed by atoms with E-state index in [1.54, 1.807) is 0 Å². The first kappa shape index (κ1) is 45.9. The summed E-state index contributed by atoms with van der Waals surface area (Å²) >= 11 is 0. The Morgan fingerprint density at radius 3 is 1.78 bits per heavy atom. The second-order valence-electron chi connectivity index (χ2n) is 25.3. The largest absolute Gasteiger partial charge is 0.455 e. The maximum atomic E-state index is 7.40. The zero-order valence-electron chi connectivity index (χ0n) is 44.7. The van der Waals surface area contributed by atoms with Gasteiger partial charge in [0.05, 0.1) is 5.54 Å². The summed E-state index contributed by atoms with van der Waals surface area (Å²) in [6.45, 7) is 26.2. The lowest BCUT2D eigenvalue weighted by Gasteiger charge is -2.53. The molecule has 4 aliphatic rings. The van der Waals surface area contributed by atoms with Gasteiger partial charge in [0.1, 0.15) is 11.2 Å². The highest BCUT2D eigenvalue weighted by molar-refractivity contribution is 6.94. The molecule has 2 atom stereocenters. The fourth-order valence-corrected chi connectivity index (χ4v) is 13.6. The molecule has 0 bridgehead atoms. The maximum Gasteiger partial charge on any atom is 0.333 e. The summed E-state index contributed by atoms with van der Waals surface area (Å²) in [7, 11) is 0. The van der Waals surface area contributed by atoms with Crippen molar-refractivity contribution in [3.8, 4) is 22.3 Å². The van der Waals surface area contributed by atoms with E-state index in [2.05, 4.69) is 255 Å². The Morgan fingerprint density at radius 2 is 1.12 bits per heavy atom. The van der Waals surface area contributed by atoms with Crippen LogP contribution in [0, 0.1) is 0 Å². The summed E-state index contributed by atoms with van der Waals surface area (Å²) in [4.78, 5) is 8.11.